The summed E-state index contributed by atoms with van der Waals surface area (Å²) in [6.45, 7) is 7.42. The molecule has 4 aromatic rings. The molecule has 0 saturated carbocycles. The Bertz CT molecular complexity index is 2060. The van der Waals surface area contributed by atoms with E-state index in [-0.39, 0.29) is 49.1 Å². The Morgan fingerprint density at radius 2 is 1.79 bits per heavy atom. The maximum atomic E-state index is 13.1. The van der Waals surface area contributed by atoms with Crippen LogP contribution in [0.5, 0.6) is 5.75 Å². The highest BCUT2D eigenvalue weighted by molar-refractivity contribution is 6.04. The maximum Gasteiger partial charge on any atom is 0.354 e. The molecule has 2 aliphatic rings. The van der Waals surface area contributed by atoms with Crippen LogP contribution in [-0.2, 0) is 23.6 Å². The third-order valence-corrected chi connectivity index (χ3v) is 8.89. The largest absolute Gasteiger partial charge is 0.493 e. The summed E-state index contributed by atoms with van der Waals surface area (Å²) < 4.78 is 14.5. The van der Waals surface area contributed by atoms with Crippen LogP contribution in [0.25, 0.3) is 11.1 Å². The predicted octanol–water partition coefficient (Wildman–Crippen LogP) is 4.78. The Morgan fingerprint density at radius 1 is 1.00 bits per heavy atom. The van der Waals surface area contributed by atoms with Crippen molar-refractivity contribution in [2.75, 3.05) is 36.9 Å². The fraction of sp³-hybridized carbons (Fsp3) is 0.316. The van der Waals surface area contributed by atoms with Gasteiger partial charge in [0, 0.05) is 63.0 Å². The van der Waals surface area contributed by atoms with Gasteiger partial charge in [-0.25, -0.2) is 9.78 Å². The third kappa shape index (κ3) is 7.97. The van der Waals surface area contributed by atoms with Gasteiger partial charge < -0.3 is 39.9 Å². The van der Waals surface area contributed by atoms with E-state index in [1.807, 2.05) is 25.3 Å². The van der Waals surface area contributed by atoms with Crippen molar-refractivity contribution in [3.05, 3.63) is 89.7 Å². The molecule has 0 bridgehead atoms. The Hall–Kier alpha value is -6.02. The number of hydrogen-bond acceptors (Lipinski definition) is 9. The molecule has 0 radical (unpaired) electrons. The zero-order chi connectivity index (χ0) is 36.9. The monoisotopic (exact) mass is 706 g/mol. The Morgan fingerprint density at radius 3 is 2.56 bits per heavy atom. The van der Waals surface area contributed by atoms with Gasteiger partial charge in [0.15, 0.2) is 5.82 Å². The molecule has 2 aromatic carbocycles. The van der Waals surface area contributed by atoms with Crippen LogP contribution in [0, 0.1) is 6.92 Å². The van der Waals surface area contributed by atoms with Gasteiger partial charge in [-0.1, -0.05) is 24.3 Å². The summed E-state index contributed by atoms with van der Waals surface area (Å²) in [5, 5.41) is 5.58. The van der Waals surface area contributed by atoms with E-state index in [0.29, 0.717) is 60.7 Å². The number of rotatable bonds is 13. The molecule has 0 unspecified atom stereocenters. The highest BCUT2D eigenvalue weighted by Crippen LogP contribution is 2.35. The van der Waals surface area contributed by atoms with Gasteiger partial charge in [0.25, 0.3) is 11.8 Å². The van der Waals surface area contributed by atoms with Gasteiger partial charge in [0.05, 0.1) is 30.5 Å². The fourth-order valence-electron chi connectivity index (χ4n) is 6.15. The molecule has 6 rings (SSSR count). The Kier molecular flexibility index (Phi) is 10.7. The first-order chi connectivity index (χ1) is 25.0. The molecule has 4 N–H and O–H groups in total. The van der Waals surface area contributed by atoms with E-state index in [9.17, 15) is 19.2 Å². The number of nitrogens with one attached hydrogen (secondary N) is 2. The van der Waals surface area contributed by atoms with E-state index < -0.39 is 11.9 Å². The minimum absolute atomic E-state index is 0.0637. The van der Waals surface area contributed by atoms with E-state index in [4.69, 9.17) is 15.2 Å². The highest BCUT2D eigenvalue weighted by atomic mass is 16.5. The summed E-state index contributed by atoms with van der Waals surface area (Å²) in [4.78, 5) is 62.0. The van der Waals surface area contributed by atoms with E-state index >= 15 is 0 Å². The lowest BCUT2D eigenvalue weighted by Gasteiger charge is -2.20. The van der Waals surface area contributed by atoms with Crippen molar-refractivity contribution in [2.24, 2.45) is 24.8 Å². The number of carbonyl (C=O) groups excluding carboxylic acids is 4. The molecule has 14 heteroatoms. The highest BCUT2D eigenvalue weighted by Gasteiger charge is 2.33. The van der Waals surface area contributed by atoms with E-state index in [1.165, 1.54) is 4.57 Å². The molecule has 1 fully saturated rings. The van der Waals surface area contributed by atoms with Crippen LogP contribution >= 0.6 is 0 Å². The first-order valence-corrected chi connectivity index (χ1v) is 17.1. The molecule has 1 saturated heterocycles. The first kappa shape index (κ1) is 35.8. The number of carbonyl (C=O) groups is 4. The predicted molar refractivity (Wildman–Crippen MR) is 197 cm³/mol. The van der Waals surface area contributed by atoms with Gasteiger partial charge in [-0.05, 0) is 68.1 Å². The summed E-state index contributed by atoms with van der Waals surface area (Å²) in [5.74, 6) is -0.214. The summed E-state index contributed by atoms with van der Waals surface area (Å²) in [5.41, 5.74) is 11.1. The van der Waals surface area contributed by atoms with Crippen molar-refractivity contribution in [1.82, 2.24) is 19.0 Å². The zero-order valence-corrected chi connectivity index (χ0v) is 29.5. The molecule has 270 valence electrons. The first-order valence-electron chi connectivity index (χ1n) is 17.1. The van der Waals surface area contributed by atoms with Gasteiger partial charge in [0.2, 0.25) is 11.7 Å². The molecule has 1 atom stereocenters. The lowest BCUT2D eigenvalue weighted by molar-refractivity contribution is -0.116. The number of aliphatic imine (C=N–C) groups is 1. The molecule has 4 heterocycles. The second-order valence-electron chi connectivity index (χ2n) is 13.0. The van der Waals surface area contributed by atoms with Crippen molar-refractivity contribution < 1.29 is 28.7 Å². The molecular weight excluding hydrogens is 664 g/mol. The summed E-state index contributed by atoms with van der Waals surface area (Å²) in [7, 11) is 3.44. The lowest BCUT2D eigenvalue weighted by Crippen LogP contribution is -2.35. The van der Waals surface area contributed by atoms with E-state index in [0.717, 1.165) is 22.3 Å². The number of amides is 3. The van der Waals surface area contributed by atoms with Gasteiger partial charge in [-0.2, -0.15) is 0 Å². The van der Waals surface area contributed by atoms with Crippen molar-refractivity contribution in [1.29, 1.82) is 0 Å². The number of nitrogens with two attached hydrogens (primary N) is 1. The van der Waals surface area contributed by atoms with Crippen LogP contribution < -0.4 is 21.1 Å². The number of nitrogens with zero attached hydrogens (tertiary/aromatic N) is 5. The van der Waals surface area contributed by atoms with Crippen LogP contribution in [0.15, 0.2) is 72.0 Å². The molecule has 0 aliphatic carbocycles. The topological polar surface area (TPSA) is 175 Å². The molecule has 3 amide bonds. The number of anilines is 2. The molecule has 0 spiro atoms. The average molecular weight is 707 g/mol. The van der Waals surface area contributed by atoms with E-state index in [2.05, 4.69) is 27.2 Å². The summed E-state index contributed by atoms with van der Waals surface area (Å²) in [6, 6.07) is 12.4. The minimum Gasteiger partial charge on any atom is -0.493 e. The number of imidazole rings is 1. The quantitative estimate of drug-likeness (QED) is 0.101. The second-order valence-corrected chi connectivity index (χ2v) is 13.0. The number of hydrogen-bond donors (Lipinski definition) is 3. The lowest BCUT2D eigenvalue weighted by atomic mass is 10.1. The molecule has 2 aromatic heterocycles. The number of fused-ring (bicyclic) bond motifs is 2. The molecular formula is C38H42N8O6. The third-order valence-electron chi connectivity index (χ3n) is 8.89. The van der Waals surface area contributed by atoms with Gasteiger partial charge >= 0.3 is 5.97 Å². The van der Waals surface area contributed by atoms with Crippen LogP contribution in [0.3, 0.4) is 0 Å². The minimum atomic E-state index is -0.445. The second kappa shape index (κ2) is 15.5. The Labute approximate surface area is 301 Å². The Balaban J connectivity index is 0.980. The maximum absolute atomic E-state index is 13.1. The number of esters is 1. The SMILES string of the molecule is C=C1C[C@H]2C=Nc3cc(OCCCC(=O)Nc4cn(C)c(C(=O)Nc5ccc(-c6cc(C(=O)OCCCN)n(C)c6)cc5)n4)c(C)cc3C(=O)N2C1. The average Bonchev–Trinajstić information content (AvgIpc) is 3.79. The normalized spacial score (nSPS) is 14.8. The number of benzene rings is 2. The summed E-state index contributed by atoms with van der Waals surface area (Å²) >= 11 is 0. The number of aryl methyl sites for hydroxylation is 3. The number of aromatic nitrogens is 3. The fourth-order valence-corrected chi connectivity index (χ4v) is 6.15. The van der Waals surface area contributed by atoms with Crippen molar-refractivity contribution >= 4 is 47.1 Å². The number of ether oxygens (including phenoxy) is 2. The van der Waals surface area contributed by atoms with Crippen LogP contribution in [-0.4, -0.2) is 81.3 Å². The van der Waals surface area contributed by atoms with Crippen molar-refractivity contribution in [2.45, 2.75) is 38.6 Å². The van der Waals surface area contributed by atoms with Crippen molar-refractivity contribution in [3.8, 4) is 16.9 Å². The van der Waals surface area contributed by atoms with Gasteiger partial charge in [-0.3, -0.25) is 19.4 Å². The van der Waals surface area contributed by atoms with Crippen LogP contribution in [0.4, 0.5) is 17.2 Å². The molecule has 52 heavy (non-hydrogen) atoms. The standard InChI is InChI=1S/C38H42N8O6/c1-23-15-28-19-40-30-18-32(24(2)16-29(30)37(49)46(28)20-23)51-13-5-7-34(47)42-33-22-45(4)35(43-33)36(48)41-27-10-8-25(9-11-27)26-17-31(44(3)21-26)38(50)52-14-6-12-39/h8-11,16-19,21-22,28H,1,5-7,12-15,20,39H2,2-4H3,(H,41,48)(H,42,47)/t28-/m0/s1. The molecule has 2 aliphatic heterocycles. The van der Waals surface area contributed by atoms with E-state index in [1.54, 1.807) is 66.3 Å². The smallest absolute Gasteiger partial charge is 0.354 e. The molecule has 14 nitrogen and oxygen atoms in total. The van der Waals surface area contributed by atoms with Gasteiger partial charge in [0.1, 0.15) is 11.4 Å². The summed E-state index contributed by atoms with van der Waals surface area (Å²) in [6.07, 6.45) is 7.12. The van der Waals surface area contributed by atoms with Crippen molar-refractivity contribution in [3.63, 3.8) is 0 Å². The van der Waals surface area contributed by atoms with Gasteiger partial charge in [-0.15, -0.1) is 0 Å². The van der Waals surface area contributed by atoms with Crippen LogP contribution in [0.2, 0.25) is 0 Å². The zero-order valence-electron chi connectivity index (χ0n) is 29.5. The van der Waals surface area contributed by atoms with Crippen LogP contribution in [0.1, 0.15) is 62.7 Å².